The van der Waals surface area contributed by atoms with E-state index in [4.69, 9.17) is 16.7 Å². The van der Waals surface area contributed by atoms with Crippen molar-refractivity contribution in [1.82, 2.24) is 15.3 Å². The maximum Gasteiger partial charge on any atom is 0.404 e. The van der Waals surface area contributed by atoms with E-state index in [0.717, 1.165) is 42.4 Å². The monoisotopic (exact) mass is 293 g/mol. The van der Waals surface area contributed by atoms with Crippen LogP contribution in [0.4, 0.5) is 4.79 Å². The summed E-state index contributed by atoms with van der Waals surface area (Å²) < 4.78 is 0. The van der Waals surface area contributed by atoms with Crippen LogP contribution in [0.1, 0.15) is 37.3 Å². The Labute approximate surface area is 121 Å². The lowest BCUT2D eigenvalue weighted by Crippen LogP contribution is -2.37. The van der Waals surface area contributed by atoms with E-state index in [2.05, 4.69) is 15.3 Å². The number of H-pyrrole nitrogens is 1. The van der Waals surface area contributed by atoms with Crippen molar-refractivity contribution in [2.24, 2.45) is 0 Å². The van der Waals surface area contributed by atoms with Gasteiger partial charge in [0.25, 0.3) is 0 Å². The number of aromatic nitrogens is 2. The lowest BCUT2D eigenvalue weighted by atomic mass is 9.84. The molecule has 1 amide bonds. The van der Waals surface area contributed by atoms with Gasteiger partial charge in [0.1, 0.15) is 5.65 Å². The summed E-state index contributed by atoms with van der Waals surface area (Å²) in [4.78, 5) is 18.3. The first-order chi connectivity index (χ1) is 9.63. The number of halogens is 1. The van der Waals surface area contributed by atoms with Crippen LogP contribution in [-0.4, -0.2) is 27.2 Å². The van der Waals surface area contributed by atoms with Gasteiger partial charge in [-0.3, -0.25) is 0 Å². The van der Waals surface area contributed by atoms with Gasteiger partial charge in [0.15, 0.2) is 0 Å². The van der Waals surface area contributed by atoms with Gasteiger partial charge >= 0.3 is 6.09 Å². The highest BCUT2D eigenvalue weighted by atomic mass is 35.5. The molecule has 1 aliphatic rings. The zero-order chi connectivity index (χ0) is 14.1. The maximum absolute atomic E-state index is 10.7. The molecule has 1 aliphatic carbocycles. The molecule has 0 saturated heterocycles. The predicted molar refractivity (Wildman–Crippen MR) is 77.3 cm³/mol. The summed E-state index contributed by atoms with van der Waals surface area (Å²) in [6.45, 7) is 0. The highest BCUT2D eigenvalue weighted by Gasteiger charge is 2.25. The van der Waals surface area contributed by atoms with Gasteiger partial charge in [0.05, 0.1) is 5.02 Å². The van der Waals surface area contributed by atoms with Gasteiger partial charge in [0.2, 0.25) is 0 Å². The van der Waals surface area contributed by atoms with E-state index in [9.17, 15) is 4.79 Å². The summed E-state index contributed by atoms with van der Waals surface area (Å²) in [6, 6.07) is 3.84. The molecule has 2 unspecified atom stereocenters. The minimum absolute atomic E-state index is 0.0288. The molecule has 0 radical (unpaired) electrons. The van der Waals surface area contributed by atoms with Gasteiger partial charge in [-0.25, -0.2) is 9.78 Å². The number of carboxylic acid groups (broad SMARTS) is 1. The molecule has 0 aliphatic heterocycles. The van der Waals surface area contributed by atoms with Gasteiger partial charge < -0.3 is 15.4 Å². The maximum atomic E-state index is 10.7. The number of nitrogens with one attached hydrogen (secondary N) is 2. The molecule has 3 rings (SSSR count). The lowest BCUT2D eigenvalue weighted by molar-refractivity contribution is 0.184. The van der Waals surface area contributed by atoms with Crippen LogP contribution in [0.2, 0.25) is 5.02 Å². The van der Waals surface area contributed by atoms with Crippen molar-refractivity contribution in [3.63, 3.8) is 0 Å². The second-order valence-electron chi connectivity index (χ2n) is 5.29. The fourth-order valence-electron chi connectivity index (χ4n) is 3.01. The number of nitrogens with zero attached hydrogens (tertiary/aromatic N) is 1. The molecule has 106 valence electrons. The number of fused-ring (bicyclic) bond motifs is 1. The third-order valence-corrected chi connectivity index (χ3v) is 4.27. The molecular formula is C14H16ClN3O2. The van der Waals surface area contributed by atoms with Crippen LogP contribution in [0, 0.1) is 0 Å². The van der Waals surface area contributed by atoms with Crippen LogP contribution in [0.5, 0.6) is 0 Å². The van der Waals surface area contributed by atoms with Gasteiger partial charge in [-0.1, -0.05) is 18.0 Å². The average molecular weight is 294 g/mol. The summed E-state index contributed by atoms with van der Waals surface area (Å²) in [5.41, 5.74) is 1.89. The second-order valence-corrected chi connectivity index (χ2v) is 5.70. The van der Waals surface area contributed by atoms with Crippen LogP contribution in [0.25, 0.3) is 11.0 Å². The van der Waals surface area contributed by atoms with Crippen molar-refractivity contribution in [2.45, 2.75) is 37.6 Å². The molecule has 0 spiro atoms. The van der Waals surface area contributed by atoms with Crippen molar-refractivity contribution in [2.75, 3.05) is 0 Å². The van der Waals surface area contributed by atoms with Crippen molar-refractivity contribution < 1.29 is 9.90 Å². The number of carbonyl (C=O) groups is 1. The van der Waals surface area contributed by atoms with Gasteiger partial charge in [0, 0.05) is 29.2 Å². The number of aromatic amines is 1. The highest BCUT2D eigenvalue weighted by Crippen LogP contribution is 2.34. The molecule has 1 saturated carbocycles. The van der Waals surface area contributed by atoms with E-state index < -0.39 is 6.09 Å². The minimum Gasteiger partial charge on any atom is -0.465 e. The molecule has 2 aromatic heterocycles. The van der Waals surface area contributed by atoms with Crippen LogP contribution in [0.3, 0.4) is 0 Å². The van der Waals surface area contributed by atoms with Gasteiger partial charge in [-0.2, -0.15) is 0 Å². The molecule has 5 nitrogen and oxygen atoms in total. The molecule has 0 aromatic carbocycles. The van der Waals surface area contributed by atoms with E-state index in [1.807, 2.05) is 6.07 Å². The highest BCUT2D eigenvalue weighted by molar-refractivity contribution is 6.35. The Bertz CT molecular complexity index is 640. The first-order valence-electron chi connectivity index (χ1n) is 6.76. The average Bonchev–Trinajstić information content (AvgIpc) is 2.84. The summed E-state index contributed by atoms with van der Waals surface area (Å²) in [5.74, 6) is 0.325. The molecule has 2 aromatic rings. The summed E-state index contributed by atoms with van der Waals surface area (Å²) >= 11 is 6.16. The Kier molecular flexibility index (Phi) is 3.53. The first-order valence-corrected chi connectivity index (χ1v) is 7.14. The molecular weight excluding hydrogens is 278 g/mol. The van der Waals surface area contributed by atoms with E-state index in [0.29, 0.717) is 10.9 Å². The molecule has 1 fully saturated rings. The lowest BCUT2D eigenvalue weighted by Gasteiger charge is -2.28. The minimum atomic E-state index is -0.947. The van der Waals surface area contributed by atoms with Crippen LogP contribution >= 0.6 is 11.6 Å². The summed E-state index contributed by atoms with van der Waals surface area (Å²) in [6.07, 6.45) is 4.53. The number of rotatable bonds is 2. The van der Waals surface area contributed by atoms with Gasteiger partial charge in [-0.15, -0.1) is 0 Å². The zero-order valence-electron chi connectivity index (χ0n) is 10.9. The fourth-order valence-corrected chi connectivity index (χ4v) is 3.21. The quantitative estimate of drug-likeness (QED) is 0.793. The Morgan fingerprint density at radius 1 is 1.50 bits per heavy atom. The largest absolute Gasteiger partial charge is 0.465 e. The Balaban J connectivity index is 1.83. The van der Waals surface area contributed by atoms with E-state index >= 15 is 0 Å². The molecule has 6 heteroatoms. The van der Waals surface area contributed by atoms with Crippen molar-refractivity contribution in [3.05, 3.63) is 29.0 Å². The zero-order valence-corrected chi connectivity index (χ0v) is 11.7. The summed E-state index contributed by atoms with van der Waals surface area (Å²) in [7, 11) is 0. The number of amides is 1. The molecule has 2 atom stereocenters. The SMILES string of the molecule is O=C(O)NC1CCCC(c2cc3c(Cl)ccnc3[nH]2)C1. The fraction of sp³-hybridized carbons (Fsp3) is 0.429. The summed E-state index contributed by atoms with van der Waals surface area (Å²) in [5, 5.41) is 13.0. The number of hydrogen-bond donors (Lipinski definition) is 3. The topological polar surface area (TPSA) is 78.0 Å². The number of hydrogen-bond acceptors (Lipinski definition) is 2. The van der Waals surface area contributed by atoms with E-state index in [1.54, 1.807) is 12.3 Å². The van der Waals surface area contributed by atoms with Crippen molar-refractivity contribution >= 4 is 28.7 Å². The normalized spacial score (nSPS) is 22.9. The Morgan fingerprint density at radius 2 is 2.35 bits per heavy atom. The predicted octanol–water partition coefficient (Wildman–Crippen LogP) is 3.51. The van der Waals surface area contributed by atoms with E-state index in [-0.39, 0.29) is 6.04 Å². The second kappa shape index (κ2) is 5.32. The van der Waals surface area contributed by atoms with Crippen molar-refractivity contribution in [3.8, 4) is 0 Å². The van der Waals surface area contributed by atoms with Crippen LogP contribution in [0.15, 0.2) is 18.3 Å². The van der Waals surface area contributed by atoms with E-state index in [1.165, 1.54) is 0 Å². The molecule has 3 N–H and O–H groups in total. The molecule has 20 heavy (non-hydrogen) atoms. The Morgan fingerprint density at radius 3 is 3.10 bits per heavy atom. The van der Waals surface area contributed by atoms with Crippen LogP contribution in [-0.2, 0) is 0 Å². The number of pyridine rings is 1. The first kappa shape index (κ1) is 13.2. The third-order valence-electron chi connectivity index (χ3n) is 3.94. The Hall–Kier alpha value is -1.75. The molecule has 2 heterocycles. The standard InChI is InChI=1S/C14H16ClN3O2/c15-11-4-5-16-13-10(11)7-12(18-13)8-2-1-3-9(6-8)17-14(19)20/h4-5,7-9,17H,1-3,6H2,(H,16,18)(H,19,20). The molecule has 0 bridgehead atoms. The third kappa shape index (κ3) is 2.58. The van der Waals surface area contributed by atoms with Crippen molar-refractivity contribution in [1.29, 1.82) is 0 Å². The van der Waals surface area contributed by atoms with Crippen LogP contribution < -0.4 is 5.32 Å². The van der Waals surface area contributed by atoms with Gasteiger partial charge in [-0.05, 0) is 31.4 Å². The smallest absolute Gasteiger partial charge is 0.404 e.